The molecule has 0 saturated heterocycles. The van der Waals surface area contributed by atoms with Gasteiger partial charge in [0.1, 0.15) is 0 Å². The Morgan fingerprint density at radius 3 is 2.67 bits per heavy atom. The molecule has 0 aromatic rings. The molecule has 120 valence electrons. The maximum atomic E-state index is 12.1. The third-order valence-electron chi connectivity index (χ3n) is 3.79. The van der Waals surface area contributed by atoms with Gasteiger partial charge in [0.15, 0.2) is 5.78 Å². The predicted octanol–water partition coefficient (Wildman–Crippen LogP) is 1.67. The van der Waals surface area contributed by atoms with Crippen LogP contribution in [0.5, 0.6) is 0 Å². The quantitative estimate of drug-likeness (QED) is 0.523. The topological polar surface area (TPSA) is 83.8 Å². The lowest BCUT2D eigenvalue weighted by Gasteiger charge is -2.27. The second kappa shape index (κ2) is 7.96. The summed E-state index contributed by atoms with van der Waals surface area (Å²) in [4.78, 5) is 23.6. The van der Waals surface area contributed by atoms with E-state index in [1.54, 1.807) is 13.2 Å². The number of ketones is 1. The number of methoxy groups -OCH3 is 1. The SMILES string of the molecule is COC(=O)CCCCCC(O)C1C(=O)C(SC)=CC1(C)O. The fraction of sp³-hybridized carbons (Fsp3) is 0.733. The molecular weight excluding hydrogens is 292 g/mol. The van der Waals surface area contributed by atoms with E-state index >= 15 is 0 Å². The molecular formula is C15H24O5S. The van der Waals surface area contributed by atoms with Gasteiger partial charge in [-0.1, -0.05) is 12.8 Å². The average Bonchev–Trinajstić information content (AvgIpc) is 2.67. The second-order valence-corrected chi connectivity index (χ2v) is 6.37. The Hall–Kier alpha value is -0.850. The van der Waals surface area contributed by atoms with Gasteiger partial charge in [0.2, 0.25) is 0 Å². The molecule has 0 saturated carbocycles. The van der Waals surface area contributed by atoms with Crippen molar-refractivity contribution in [1.82, 2.24) is 0 Å². The highest BCUT2D eigenvalue weighted by Gasteiger charge is 2.46. The molecule has 1 aliphatic carbocycles. The van der Waals surface area contributed by atoms with Crippen LogP contribution in [0.25, 0.3) is 0 Å². The van der Waals surface area contributed by atoms with Crippen molar-refractivity contribution >= 4 is 23.5 Å². The van der Waals surface area contributed by atoms with Crippen molar-refractivity contribution in [2.45, 2.75) is 50.7 Å². The fourth-order valence-electron chi connectivity index (χ4n) is 2.64. The zero-order chi connectivity index (χ0) is 16.0. The lowest BCUT2D eigenvalue weighted by Crippen LogP contribution is -2.41. The van der Waals surface area contributed by atoms with Crippen molar-refractivity contribution < 1.29 is 24.5 Å². The molecule has 21 heavy (non-hydrogen) atoms. The summed E-state index contributed by atoms with van der Waals surface area (Å²) in [6.07, 6.45) is 5.42. The van der Waals surface area contributed by atoms with E-state index in [-0.39, 0.29) is 11.8 Å². The van der Waals surface area contributed by atoms with Gasteiger partial charge >= 0.3 is 5.97 Å². The highest BCUT2D eigenvalue weighted by molar-refractivity contribution is 8.03. The minimum Gasteiger partial charge on any atom is -0.469 e. The molecule has 0 amide bonds. The monoisotopic (exact) mass is 316 g/mol. The van der Waals surface area contributed by atoms with Crippen LogP contribution in [0.2, 0.25) is 0 Å². The molecule has 2 N–H and O–H groups in total. The van der Waals surface area contributed by atoms with Crippen LogP contribution in [0.15, 0.2) is 11.0 Å². The Morgan fingerprint density at radius 1 is 1.48 bits per heavy atom. The number of hydrogen-bond donors (Lipinski definition) is 2. The predicted molar refractivity (Wildman–Crippen MR) is 81.8 cm³/mol. The molecule has 1 rings (SSSR count). The van der Waals surface area contributed by atoms with E-state index in [4.69, 9.17) is 0 Å². The van der Waals surface area contributed by atoms with Gasteiger partial charge in [0, 0.05) is 11.3 Å². The number of carbonyl (C=O) groups is 2. The van der Waals surface area contributed by atoms with Gasteiger partial charge in [-0.3, -0.25) is 9.59 Å². The molecule has 0 fully saturated rings. The first-order valence-electron chi connectivity index (χ1n) is 7.11. The summed E-state index contributed by atoms with van der Waals surface area (Å²) in [6.45, 7) is 1.55. The van der Waals surface area contributed by atoms with E-state index in [9.17, 15) is 19.8 Å². The standard InChI is InChI=1S/C15H24O5S/c1-15(19)9-11(21-3)14(18)13(15)10(16)7-5-4-6-8-12(17)20-2/h9-10,13,16,19H,4-8H2,1-3H3. The molecule has 0 aromatic carbocycles. The van der Waals surface area contributed by atoms with Crippen LogP contribution in [-0.4, -0.2) is 47.0 Å². The van der Waals surface area contributed by atoms with Crippen molar-refractivity contribution in [1.29, 1.82) is 0 Å². The third kappa shape index (κ3) is 4.83. The largest absolute Gasteiger partial charge is 0.469 e. The average molecular weight is 316 g/mol. The number of unbranched alkanes of at least 4 members (excludes halogenated alkanes) is 2. The van der Waals surface area contributed by atoms with Gasteiger partial charge < -0.3 is 14.9 Å². The smallest absolute Gasteiger partial charge is 0.305 e. The first-order chi connectivity index (χ1) is 9.83. The summed E-state index contributed by atoms with van der Waals surface area (Å²) < 4.78 is 4.55. The normalized spacial score (nSPS) is 26.6. The molecule has 1 aliphatic rings. The van der Waals surface area contributed by atoms with E-state index in [0.717, 1.165) is 6.42 Å². The van der Waals surface area contributed by atoms with Crippen LogP contribution in [0, 0.1) is 5.92 Å². The minimum absolute atomic E-state index is 0.186. The van der Waals surface area contributed by atoms with E-state index in [1.807, 2.05) is 0 Å². The van der Waals surface area contributed by atoms with Crippen LogP contribution in [0.1, 0.15) is 39.0 Å². The number of hydrogen-bond acceptors (Lipinski definition) is 6. The van der Waals surface area contributed by atoms with Gasteiger partial charge in [-0.25, -0.2) is 0 Å². The van der Waals surface area contributed by atoms with Crippen molar-refractivity contribution in [2.24, 2.45) is 5.92 Å². The summed E-state index contributed by atoms with van der Waals surface area (Å²) in [5, 5.41) is 20.5. The maximum absolute atomic E-state index is 12.1. The molecule has 6 heteroatoms. The Kier molecular flexibility index (Phi) is 6.90. The fourth-order valence-corrected chi connectivity index (χ4v) is 3.32. The van der Waals surface area contributed by atoms with E-state index in [2.05, 4.69) is 4.74 Å². The molecule has 3 unspecified atom stereocenters. The number of ether oxygens (including phenoxy) is 1. The number of rotatable bonds is 8. The first-order valence-corrected chi connectivity index (χ1v) is 8.34. The van der Waals surface area contributed by atoms with E-state index < -0.39 is 17.6 Å². The summed E-state index contributed by atoms with van der Waals surface area (Å²) in [7, 11) is 1.36. The minimum atomic E-state index is -1.29. The lowest BCUT2D eigenvalue weighted by atomic mass is 9.84. The van der Waals surface area contributed by atoms with Crippen LogP contribution in [0.4, 0.5) is 0 Å². The summed E-state index contributed by atoms with van der Waals surface area (Å²) >= 11 is 1.29. The number of esters is 1. The van der Waals surface area contributed by atoms with Gasteiger partial charge in [-0.05, 0) is 32.1 Å². The number of aliphatic hydroxyl groups excluding tert-OH is 1. The summed E-state index contributed by atoms with van der Waals surface area (Å²) in [6, 6.07) is 0. The highest BCUT2D eigenvalue weighted by atomic mass is 32.2. The van der Waals surface area contributed by atoms with Crippen LogP contribution >= 0.6 is 11.8 Å². The van der Waals surface area contributed by atoms with Gasteiger partial charge in [0.25, 0.3) is 0 Å². The summed E-state index contributed by atoms with van der Waals surface area (Å²) in [5.74, 6) is -1.21. The number of allylic oxidation sites excluding steroid dienone is 1. The van der Waals surface area contributed by atoms with Gasteiger partial charge in [0.05, 0.1) is 24.7 Å². The molecule has 0 radical (unpaired) electrons. The maximum Gasteiger partial charge on any atom is 0.305 e. The Morgan fingerprint density at radius 2 is 2.14 bits per heavy atom. The first kappa shape index (κ1) is 18.2. The number of Topliss-reactive ketones (excluding diaryl/α,β-unsaturated/α-hetero) is 1. The Bertz CT molecular complexity index is 416. The van der Waals surface area contributed by atoms with Crippen molar-refractivity contribution in [3.8, 4) is 0 Å². The Labute approximate surface area is 129 Å². The third-order valence-corrected chi connectivity index (χ3v) is 4.55. The van der Waals surface area contributed by atoms with Crippen molar-refractivity contribution in [3.05, 3.63) is 11.0 Å². The summed E-state index contributed by atoms with van der Waals surface area (Å²) in [5.41, 5.74) is -1.29. The lowest BCUT2D eigenvalue weighted by molar-refractivity contribution is -0.140. The molecule has 0 aliphatic heterocycles. The highest BCUT2D eigenvalue weighted by Crippen LogP contribution is 2.38. The number of aliphatic hydroxyl groups is 2. The number of thioether (sulfide) groups is 1. The van der Waals surface area contributed by atoms with Crippen LogP contribution in [0.3, 0.4) is 0 Å². The van der Waals surface area contributed by atoms with Crippen molar-refractivity contribution in [3.63, 3.8) is 0 Å². The van der Waals surface area contributed by atoms with Crippen molar-refractivity contribution in [2.75, 3.05) is 13.4 Å². The van der Waals surface area contributed by atoms with Gasteiger partial charge in [-0.2, -0.15) is 0 Å². The molecule has 0 heterocycles. The molecule has 5 nitrogen and oxygen atoms in total. The molecule has 0 spiro atoms. The molecule has 0 bridgehead atoms. The van der Waals surface area contributed by atoms with E-state index in [1.165, 1.54) is 24.9 Å². The Balaban J connectivity index is 2.41. The van der Waals surface area contributed by atoms with E-state index in [0.29, 0.717) is 30.6 Å². The van der Waals surface area contributed by atoms with Crippen LogP contribution in [-0.2, 0) is 14.3 Å². The van der Waals surface area contributed by atoms with Crippen LogP contribution < -0.4 is 0 Å². The van der Waals surface area contributed by atoms with Gasteiger partial charge in [-0.15, -0.1) is 11.8 Å². The molecule has 3 atom stereocenters. The second-order valence-electron chi connectivity index (χ2n) is 5.52. The zero-order valence-electron chi connectivity index (χ0n) is 12.8. The molecule has 0 aromatic heterocycles. The number of carbonyl (C=O) groups excluding carboxylic acids is 2. The zero-order valence-corrected chi connectivity index (χ0v) is 13.6.